The SMILES string of the molecule is COCc1c(C(=O)N2CC[C@@H]2c2ccc(F)cc2)noc1C. The number of nitrogens with zero attached hydrogens (tertiary/aromatic N) is 2. The van der Waals surface area contributed by atoms with Crippen molar-refractivity contribution < 1.29 is 18.4 Å². The maximum Gasteiger partial charge on any atom is 0.276 e. The van der Waals surface area contributed by atoms with Crippen molar-refractivity contribution in [2.75, 3.05) is 13.7 Å². The molecule has 0 bridgehead atoms. The summed E-state index contributed by atoms with van der Waals surface area (Å²) < 4.78 is 23.2. The average molecular weight is 304 g/mol. The average Bonchev–Trinajstić information content (AvgIpc) is 2.82. The minimum atomic E-state index is -0.282. The zero-order valence-corrected chi connectivity index (χ0v) is 12.5. The molecule has 1 aromatic heterocycles. The monoisotopic (exact) mass is 304 g/mol. The molecule has 0 radical (unpaired) electrons. The Kier molecular flexibility index (Phi) is 3.94. The van der Waals surface area contributed by atoms with E-state index in [0.717, 1.165) is 12.0 Å². The Hall–Kier alpha value is -2.21. The summed E-state index contributed by atoms with van der Waals surface area (Å²) in [5.74, 6) is 0.129. The lowest BCUT2D eigenvalue weighted by Crippen LogP contribution is -2.45. The molecule has 2 aromatic rings. The van der Waals surface area contributed by atoms with E-state index in [1.807, 2.05) is 0 Å². The van der Waals surface area contributed by atoms with Crippen LogP contribution in [0.25, 0.3) is 0 Å². The summed E-state index contributed by atoms with van der Waals surface area (Å²) in [6.45, 7) is 2.69. The lowest BCUT2D eigenvalue weighted by Gasteiger charge is -2.41. The van der Waals surface area contributed by atoms with Crippen molar-refractivity contribution in [1.29, 1.82) is 0 Å². The Balaban J connectivity index is 1.82. The molecule has 0 aliphatic carbocycles. The van der Waals surface area contributed by atoms with Crippen LogP contribution in [-0.2, 0) is 11.3 Å². The van der Waals surface area contributed by atoms with Gasteiger partial charge in [0.25, 0.3) is 5.91 Å². The predicted octanol–water partition coefficient (Wildman–Crippen LogP) is 2.86. The second kappa shape index (κ2) is 5.88. The first-order chi connectivity index (χ1) is 10.6. The summed E-state index contributed by atoms with van der Waals surface area (Å²) in [6.07, 6.45) is 0.855. The molecule has 1 fully saturated rings. The van der Waals surface area contributed by atoms with Crippen molar-refractivity contribution >= 4 is 5.91 Å². The summed E-state index contributed by atoms with van der Waals surface area (Å²) in [5, 5.41) is 3.87. The van der Waals surface area contributed by atoms with E-state index < -0.39 is 0 Å². The number of halogens is 1. The second-order valence-electron chi connectivity index (χ2n) is 5.35. The molecule has 0 N–H and O–H groups in total. The molecule has 0 unspecified atom stereocenters. The van der Waals surface area contributed by atoms with Gasteiger partial charge in [-0.25, -0.2) is 4.39 Å². The Morgan fingerprint density at radius 3 is 2.77 bits per heavy atom. The highest BCUT2D eigenvalue weighted by atomic mass is 19.1. The van der Waals surface area contributed by atoms with E-state index in [1.54, 1.807) is 31.1 Å². The largest absolute Gasteiger partial charge is 0.380 e. The van der Waals surface area contributed by atoms with Gasteiger partial charge in [0.1, 0.15) is 11.6 Å². The number of rotatable bonds is 4. The van der Waals surface area contributed by atoms with Crippen LogP contribution in [0.2, 0.25) is 0 Å². The number of ether oxygens (including phenoxy) is 1. The fraction of sp³-hybridized carbons (Fsp3) is 0.375. The Labute approximate surface area is 127 Å². The van der Waals surface area contributed by atoms with Crippen LogP contribution in [0.1, 0.15) is 39.8 Å². The first-order valence-corrected chi connectivity index (χ1v) is 7.12. The van der Waals surface area contributed by atoms with Crippen molar-refractivity contribution in [1.82, 2.24) is 10.1 Å². The fourth-order valence-corrected chi connectivity index (χ4v) is 2.67. The van der Waals surface area contributed by atoms with E-state index >= 15 is 0 Å². The predicted molar refractivity (Wildman–Crippen MR) is 76.7 cm³/mol. The van der Waals surface area contributed by atoms with Crippen LogP contribution in [0.4, 0.5) is 4.39 Å². The summed E-state index contributed by atoms with van der Waals surface area (Å²) in [6, 6.07) is 6.20. The molecule has 5 nitrogen and oxygen atoms in total. The normalized spacial score (nSPS) is 17.4. The molecule has 1 saturated heterocycles. The van der Waals surface area contributed by atoms with Gasteiger partial charge in [0.15, 0.2) is 5.69 Å². The highest BCUT2D eigenvalue weighted by Crippen LogP contribution is 2.35. The topological polar surface area (TPSA) is 55.6 Å². The molecule has 2 heterocycles. The number of hydrogen-bond acceptors (Lipinski definition) is 4. The van der Waals surface area contributed by atoms with Crippen LogP contribution in [0, 0.1) is 12.7 Å². The van der Waals surface area contributed by atoms with Crippen LogP contribution >= 0.6 is 0 Å². The van der Waals surface area contributed by atoms with Crippen molar-refractivity contribution in [3.05, 3.63) is 52.7 Å². The van der Waals surface area contributed by atoms with Gasteiger partial charge in [-0.2, -0.15) is 0 Å². The Morgan fingerprint density at radius 1 is 1.45 bits per heavy atom. The lowest BCUT2D eigenvalue weighted by molar-refractivity contribution is 0.0446. The number of likely N-dealkylation sites (tertiary alicyclic amines) is 1. The van der Waals surface area contributed by atoms with Crippen LogP contribution in [-0.4, -0.2) is 29.6 Å². The lowest BCUT2D eigenvalue weighted by atomic mass is 9.94. The van der Waals surface area contributed by atoms with Gasteiger partial charge in [0.2, 0.25) is 0 Å². The van der Waals surface area contributed by atoms with E-state index in [0.29, 0.717) is 23.6 Å². The van der Waals surface area contributed by atoms with E-state index in [1.165, 1.54) is 12.1 Å². The van der Waals surface area contributed by atoms with Crippen molar-refractivity contribution in [2.45, 2.75) is 26.0 Å². The molecule has 0 spiro atoms. The maximum absolute atomic E-state index is 13.0. The number of benzene rings is 1. The van der Waals surface area contributed by atoms with Crippen LogP contribution < -0.4 is 0 Å². The third-order valence-corrected chi connectivity index (χ3v) is 4.01. The molecule has 1 aliphatic rings. The number of amides is 1. The second-order valence-corrected chi connectivity index (χ2v) is 5.35. The zero-order chi connectivity index (χ0) is 15.7. The van der Waals surface area contributed by atoms with Crippen molar-refractivity contribution in [3.8, 4) is 0 Å². The molecular weight excluding hydrogens is 287 g/mol. The van der Waals surface area contributed by atoms with E-state index in [9.17, 15) is 9.18 Å². The van der Waals surface area contributed by atoms with Gasteiger partial charge in [0, 0.05) is 13.7 Å². The van der Waals surface area contributed by atoms with Gasteiger partial charge in [-0.3, -0.25) is 4.79 Å². The zero-order valence-electron chi connectivity index (χ0n) is 12.5. The molecule has 3 rings (SSSR count). The number of hydrogen-bond donors (Lipinski definition) is 0. The van der Waals surface area contributed by atoms with Gasteiger partial charge >= 0.3 is 0 Å². The number of carbonyl (C=O) groups excluding carboxylic acids is 1. The van der Waals surface area contributed by atoms with Gasteiger partial charge < -0.3 is 14.2 Å². The first-order valence-electron chi connectivity index (χ1n) is 7.12. The number of aromatic nitrogens is 1. The van der Waals surface area contributed by atoms with Gasteiger partial charge in [0.05, 0.1) is 18.2 Å². The fourth-order valence-electron chi connectivity index (χ4n) is 2.67. The molecule has 116 valence electrons. The summed E-state index contributed by atoms with van der Waals surface area (Å²) >= 11 is 0. The first kappa shape index (κ1) is 14.7. The highest BCUT2D eigenvalue weighted by molar-refractivity contribution is 5.94. The maximum atomic E-state index is 13.0. The third kappa shape index (κ3) is 2.50. The number of aryl methyl sites for hydroxylation is 1. The van der Waals surface area contributed by atoms with E-state index in [2.05, 4.69) is 5.16 Å². The summed E-state index contributed by atoms with van der Waals surface area (Å²) in [5.41, 5.74) is 1.90. The van der Waals surface area contributed by atoms with Crippen molar-refractivity contribution in [2.24, 2.45) is 0 Å². The standard InChI is InChI=1S/C16H17FN2O3/c1-10-13(9-21-2)15(18-22-10)16(20)19-8-7-14(19)11-3-5-12(17)6-4-11/h3-6,14H,7-9H2,1-2H3/t14-/m1/s1. The molecule has 6 heteroatoms. The van der Waals surface area contributed by atoms with Crippen LogP contribution in [0.15, 0.2) is 28.8 Å². The molecule has 22 heavy (non-hydrogen) atoms. The van der Waals surface area contributed by atoms with Crippen LogP contribution in [0.3, 0.4) is 0 Å². The van der Waals surface area contributed by atoms with E-state index in [4.69, 9.17) is 9.26 Å². The number of carbonyl (C=O) groups is 1. The molecule has 1 aliphatic heterocycles. The third-order valence-electron chi connectivity index (χ3n) is 4.01. The minimum absolute atomic E-state index is 0.0412. The van der Waals surface area contributed by atoms with Gasteiger partial charge in [-0.05, 0) is 31.0 Å². The molecule has 1 atom stereocenters. The summed E-state index contributed by atoms with van der Waals surface area (Å²) in [4.78, 5) is 14.4. The minimum Gasteiger partial charge on any atom is -0.380 e. The summed E-state index contributed by atoms with van der Waals surface area (Å²) in [7, 11) is 1.56. The molecule has 1 aromatic carbocycles. The Bertz CT molecular complexity index is 681. The Morgan fingerprint density at radius 2 is 2.18 bits per heavy atom. The van der Waals surface area contributed by atoms with Crippen molar-refractivity contribution in [3.63, 3.8) is 0 Å². The molecular formula is C16H17FN2O3. The quantitative estimate of drug-likeness (QED) is 0.871. The van der Waals surface area contributed by atoms with Gasteiger partial charge in [-0.15, -0.1) is 0 Å². The highest BCUT2D eigenvalue weighted by Gasteiger charge is 2.36. The van der Waals surface area contributed by atoms with Gasteiger partial charge in [-0.1, -0.05) is 17.3 Å². The molecule has 0 saturated carbocycles. The molecule has 1 amide bonds. The number of methoxy groups -OCH3 is 1. The van der Waals surface area contributed by atoms with Crippen LogP contribution in [0.5, 0.6) is 0 Å². The van der Waals surface area contributed by atoms with E-state index in [-0.39, 0.29) is 24.4 Å². The smallest absolute Gasteiger partial charge is 0.276 e.